The number of hydrogen-bond acceptors (Lipinski definition) is 2. The molecule has 0 spiro atoms. The largest absolute Gasteiger partial charge is 0.322 e. The SMILES string of the molecule is CCCc1nc2ccccc2n1Cc1c(Cl)c(C)nn1C. The quantitative estimate of drug-likeness (QED) is 0.736. The van der Waals surface area contributed by atoms with Gasteiger partial charge in [0.2, 0.25) is 0 Å². The number of rotatable bonds is 4. The molecule has 0 fully saturated rings. The first-order chi connectivity index (χ1) is 10.1. The highest BCUT2D eigenvalue weighted by molar-refractivity contribution is 6.31. The molecule has 0 saturated carbocycles. The van der Waals surface area contributed by atoms with Crippen molar-refractivity contribution in [2.75, 3.05) is 0 Å². The Morgan fingerprint density at radius 1 is 1.24 bits per heavy atom. The number of halogens is 1. The van der Waals surface area contributed by atoms with Crippen LogP contribution in [0.25, 0.3) is 11.0 Å². The lowest BCUT2D eigenvalue weighted by molar-refractivity contribution is 0.647. The highest BCUT2D eigenvalue weighted by atomic mass is 35.5. The van der Waals surface area contributed by atoms with Crippen molar-refractivity contribution in [3.63, 3.8) is 0 Å². The molecule has 0 saturated heterocycles. The van der Waals surface area contributed by atoms with E-state index in [4.69, 9.17) is 16.6 Å². The first kappa shape index (κ1) is 14.1. The van der Waals surface area contributed by atoms with Gasteiger partial charge in [-0.1, -0.05) is 30.7 Å². The molecule has 0 bridgehead atoms. The summed E-state index contributed by atoms with van der Waals surface area (Å²) < 4.78 is 4.11. The van der Waals surface area contributed by atoms with Crippen LogP contribution in [0.15, 0.2) is 24.3 Å². The number of benzene rings is 1. The second-order valence-electron chi connectivity index (χ2n) is 5.32. The Hall–Kier alpha value is -1.81. The highest BCUT2D eigenvalue weighted by Gasteiger charge is 2.16. The molecule has 2 aromatic heterocycles. The second-order valence-corrected chi connectivity index (χ2v) is 5.70. The molecule has 1 aromatic carbocycles. The van der Waals surface area contributed by atoms with Gasteiger partial charge in [0.05, 0.1) is 34.0 Å². The predicted octanol–water partition coefficient (Wildman–Crippen LogP) is 3.73. The number of nitrogens with zero attached hydrogens (tertiary/aromatic N) is 4. The number of hydrogen-bond donors (Lipinski definition) is 0. The van der Waals surface area contributed by atoms with Crippen LogP contribution in [0.1, 0.15) is 30.6 Å². The summed E-state index contributed by atoms with van der Waals surface area (Å²) in [6, 6.07) is 8.24. The van der Waals surface area contributed by atoms with E-state index in [0.29, 0.717) is 6.54 Å². The zero-order chi connectivity index (χ0) is 15.0. The third kappa shape index (κ3) is 2.44. The maximum atomic E-state index is 6.39. The topological polar surface area (TPSA) is 35.6 Å². The number of aromatic nitrogens is 4. The van der Waals surface area contributed by atoms with Gasteiger partial charge in [0.25, 0.3) is 0 Å². The third-order valence-corrected chi connectivity index (χ3v) is 4.27. The lowest BCUT2D eigenvalue weighted by Gasteiger charge is -2.09. The van der Waals surface area contributed by atoms with Gasteiger partial charge < -0.3 is 4.57 Å². The van der Waals surface area contributed by atoms with Gasteiger partial charge in [-0.3, -0.25) is 4.68 Å². The van der Waals surface area contributed by atoms with Crippen LogP contribution >= 0.6 is 11.6 Å². The van der Waals surface area contributed by atoms with Crippen LogP contribution in [0.2, 0.25) is 5.02 Å². The minimum Gasteiger partial charge on any atom is -0.322 e. The Morgan fingerprint density at radius 3 is 2.67 bits per heavy atom. The zero-order valence-electron chi connectivity index (χ0n) is 12.6. The van der Waals surface area contributed by atoms with Gasteiger partial charge in [-0.15, -0.1) is 0 Å². The van der Waals surface area contributed by atoms with Gasteiger partial charge >= 0.3 is 0 Å². The molecule has 5 heteroatoms. The zero-order valence-corrected chi connectivity index (χ0v) is 13.4. The molecule has 3 rings (SSSR count). The third-order valence-electron chi connectivity index (χ3n) is 3.78. The van der Waals surface area contributed by atoms with Crippen LogP contribution in [-0.2, 0) is 20.0 Å². The summed E-state index contributed by atoms with van der Waals surface area (Å²) in [6.45, 7) is 4.81. The Bertz CT molecular complexity index is 785. The van der Waals surface area contributed by atoms with E-state index < -0.39 is 0 Å². The molecule has 4 nitrogen and oxygen atoms in total. The van der Waals surface area contributed by atoms with Crippen molar-refractivity contribution in [2.45, 2.75) is 33.2 Å². The minimum absolute atomic E-state index is 0.700. The van der Waals surface area contributed by atoms with Gasteiger partial charge in [-0.05, 0) is 25.5 Å². The molecule has 0 radical (unpaired) electrons. The summed E-state index contributed by atoms with van der Waals surface area (Å²) in [5.41, 5.74) is 4.08. The summed E-state index contributed by atoms with van der Waals surface area (Å²) in [4.78, 5) is 4.75. The summed E-state index contributed by atoms with van der Waals surface area (Å²) in [5.74, 6) is 1.11. The first-order valence-corrected chi connectivity index (χ1v) is 7.61. The molecular formula is C16H19ClN4. The molecule has 0 aliphatic carbocycles. The molecule has 0 aliphatic heterocycles. The Labute approximate surface area is 129 Å². The van der Waals surface area contributed by atoms with Gasteiger partial charge in [-0.25, -0.2) is 4.98 Å². The van der Waals surface area contributed by atoms with Crippen LogP contribution < -0.4 is 0 Å². The summed E-state index contributed by atoms with van der Waals surface area (Å²) in [5, 5.41) is 5.15. The predicted molar refractivity (Wildman–Crippen MR) is 85.8 cm³/mol. The molecule has 0 unspecified atom stereocenters. The molecule has 3 aromatic rings. The molecule has 0 atom stereocenters. The average Bonchev–Trinajstić information content (AvgIpc) is 2.92. The van der Waals surface area contributed by atoms with E-state index in [2.05, 4.69) is 28.7 Å². The number of imidazole rings is 1. The summed E-state index contributed by atoms with van der Waals surface area (Å²) >= 11 is 6.39. The molecule has 2 heterocycles. The van der Waals surface area contributed by atoms with Crippen molar-refractivity contribution in [3.8, 4) is 0 Å². The fourth-order valence-electron chi connectivity index (χ4n) is 2.72. The van der Waals surface area contributed by atoms with Crippen molar-refractivity contribution in [3.05, 3.63) is 46.5 Å². The summed E-state index contributed by atoms with van der Waals surface area (Å²) in [7, 11) is 1.94. The monoisotopic (exact) mass is 302 g/mol. The van der Waals surface area contributed by atoms with E-state index in [1.807, 2.05) is 30.8 Å². The maximum Gasteiger partial charge on any atom is 0.110 e. The molecule has 0 N–H and O–H groups in total. The fourth-order valence-corrected chi connectivity index (χ4v) is 2.94. The van der Waals surface area contributed by atoms with E-state index in [1.54, 1.807) is 0 Å². The smallest absolute Gasteiger partial charge is 0.110 e. The molecular weight excluding hydrogens is 284 g/mol. The Kier molecular flexibility index (Phi) is 3.72. The van der Waals surface area contributed by atoms with Crippen molar-refractivity contribution < 1.29 is 0 Å². The lowest BCUT2D eigenvalue weighted by Crippen LogP contribution is -2.09. The van der Waals surface area contributed by atoms with Gasteiger partial charge in [0.1, 0.15) is 5.82 Å². The molecule has 21 heavy (non-hydrogen) atoms. The number of para-hydroxylation sites is 2. The van der Waals surface area contributed by atoms with Crippen molar-refractivity contribution >= 4 is 22.6 Å². The molecule has 110 valence electrons. The average molecular weight is 303 g/mol. The van der Waals surface area contributed by atoms with Gasteiger partial charge in [0, 0.05) is 13.5 Å². The van der Waals surface area contributed by atoms with Crippen LogP contribution in [0, 0.1) is 6.92 Å². The van der Waals surface area contributed by atoms with Crippen molar-refractivity contribution in [1.29, 1.82) is 0 Å². The van der Waals surface area contributed by atoms with Crippen molar-refractivity contribution in [1.82, 2.24) is 19.3 Å². The van der Waals surface area contributed by atoms with Crippen LogP contribution in [0.5, 0.6) is 0 Å². The first-order valence-electron chi connectivity index (χ1n) is 7.24. The second kappa shape index (κ2) is 5.53. The van der Waals surface area contributed by atoms with Crippen molar-refractivity contribution in [2.24, 2.45) is 7.05 Å². The standard InChI is InChI=1S/C16H19ClN4/c1-4-7-15-18-12-8-5-6-9-13(12)21(15)10-14-16(17)11(2)19-20(14)3/h5-6,8-9H,4,7,10H2,1-3H3. The Morgan fingerprint density at radius 2 is 2.00 bits per heavy atom. The van der Waals surface area contributed by atoms with Crippen LogP contribution in [0.3, 0.4) is 0 Å². The highest BCUT2D eigenvalue weighted by Crippen LogP contribution is 2.24. The van der Waals surface area contributed by atoms with Crippen LogP contribution in [0.4, 0.5) is 0 Å². The minimum atomic E-state index is 0.700. The van der Waals surface area contributed by atoms with Gasteiger partial charge in [0.15, 0.2) is 0 Å². The lowest BCUT2D eigenvalue weighted by atomic mass is 10.3. The fraction of sp³-hybridized carbons (Fsp3) is 0.375. The van der Waals surface area contributed by atoms with Crippen LogP contribution in [-0.4, -0.2) is 19.3 Å². The van der Waals surface area contributed by atoms with E-state index in [0.717, 1.165) is 46.1 Å². The molecule has 0 amide bonds. The number of fused-ring (bicyclic) bond motifs is 1. The summed E-state index contributed by atoms with van der Waals surface area (Å²) in [6.07, 6.45) is 2.03. The van der Waals surface area contributed by atoms with Gasteiger partial charge in [-0.2, -0.15) is 5.10 Å². The van der Waals surface area contributed by atoms with E-state index in [1.165, 1.54) is 0 Å². The Balaban J connectivity index is 2.12. The van der Waals surface area contributed by atoms with E-state index in [-0.39, 0.29) is 0 Å². The molecule has 0 aliphatic rings. The van der Waals surface area contributed by atoms with E-state index in [9.17, 15) is 0 Å². The number of aryl methyl sites for hydroxylation is 3. The normalized spacial score (nSPS) is 11.4. The van der Waals surface area contributed by atoms with E-state index >= 15 is 0 Å². The maximum absolute atomic E-state index is 6.39.